The number of carbonyl (C=O) groups excluding carboxylic acids is 1. The number of aryl methyl sites for hydroxylation is 1. The Hall–Kier alpha value is -1.29. The molecule has 1 aromatic heterocycles. The fourth-order valence-corrected chi connectivity index (χ4v) is 2.33. The highest BCUT2D eigenvalue weighted by molar-refractivity contribution is 9.10. The lowest BCUT2D eigenvalue weighted by Gasteiger charge is -2.01. The third-order valence-electron chi connectivity index (χ3n) is 2.70. The maximum Gasteiger partial charge on any atom is 0.355 e. The van der Waals surface area contributed by atoms with Crippen molar-refractivity contribution in [3.63, 3.8) is 0 Å². The monoisotopic (exact) mass is 295 g/mol. The lowest BCUT2D eigenvalue weighted by molar-refractivity contribution is 0.0519. The molecule has 1 heterocycles. The minimum absolute atomic E-state index is 0.281. The summed E-state index contributed by atoms with van der Waals surface area (Å²) in [5.41, 5.74) is 2.55. The highest BCUT2D eigenvalue weighted by atomic mass is 79.9. The predicted octanol–water partition coefficient (Wildman–Crippen LogP) is 3.67. The zero-order valence-corrected chi connectivity index (χ0v) is 11.4. The number of fused-ring (bicyclic) bond motifs is 1. The van der Waals surface area contributed by atoms with Gasteiger partial charge in [0.15, 0.2) is 0 Å². The molecule has 0 aliphatic carbocycles. The van der Waals surface area contributed by atoms with E-state index < -0.39 is 0 Å². The molecule has 0 amide bonds. The number of rotatable bonds is 3. The fourth-order valence-electron chi connectivity index (χ4n) is 1.97. The number of aromatic nitrogens is 1. The summed E-state index contributed by atoms with van der Waals surface area (Å²) in [4.78, 5) is 14.9. The molecule has 0 atom stereocenters. The largest absolute Gasteiger partial charge is 0.461 e. The molecule has 0 aliphatic rings. The van der Waals surface area contributed by atoms with E-state index >= 15 is 0 Å². The summed E-state index contributed by atoms with van der Waals surface area (Å²) in [6.07, 6.45) is 0.801. The van der Waals surface area contributed by atoms with E-state index in [2.05, 4.69) is 20.9 Å². The van der Waals surface area contributed by atoms with Gasteiger partial charge in [-0.2, -0.15) is 0 Å². The molecule has 0 saturated heterocycles. The standard InChI is InChI=1S/C13H14BrNO2/c1-3-9-10-6-5-8(14)7-11(10)15-12(9)13(16)17-4-2/h5-7,15H,3-4H2,1-2H3. The van der Waals surface area contributed by atoms with E-state index in [-0.39, 0.29) is 5.97 Å². The van der Waals surface area contributed by atoms with Crippen molar-refractivity contribution in [2.24, 2.45) is 0 Å². The van der Waals surface area contributed by atoms with Crippen molar-refractivity contribution in [2.45, 2.75) is 20.3 Å². The Morgan fingerprint density at radius 2 is 2.18 bits per heavy atom. The van der Waals surface area contributed by atoms with Crippen LogP contribution in [0.25, 0.3) is 10.9 Å². The van der Waals surface area contributed by atoms with Gasteiger partial charge in [-0.25, -0.2) is 4.79 Å². The predicted molar refractivity (Wildman–Crippen MR) is 71.3 cm³/mol. The van der Waals surface area contributed by atoms with Crippen LogP contribution < -0.4 is 0 Å². The number of hydrogen-bond acceptors (Lipinski definition) is 2. The van der Waals surface area contributed by atoms with Crippen LogP contribution in [0.1, 0.15) is 29.9 Å². The van der Waals surface area contributed by atoms with Crippen LogP contribution in [0.4, 0.5) is 0 Å². The Labute approximate surface area is 108 Å². The van der Waals surface area contributed by atoms with Gasteiger partial charge < -0.3 is 9.72 Å². The topological polar surface area (TPSA) is 42.1 Å². The number of carbonyl (C=O) groups is 1. The second-order valence-corrected chi connectivity index (χ2v) is 4.66. The summed E-state index contributed by atoms with van der Waals surface area (Å²) in [6, 6.07) is 5.96. The molecular weight excluding hydrogens is 282 g/mol. The summed E-state index contributed by atoms with van der Waals surface area (Å²) in [7, 11) is 0. The molecule has 1 aromatic carbocycles. The Balaban J connectivity index is 2.59. The SMILES string of the molecule is CCOC(=O)c1[nH]c2cc(Br)ccc2c1CC. The summed E-state index contributed by atoms with van der Waals surface area (Å²) in [5, 5.41) is 1.08. The molecule has 4 heteroatoms. The zero-order chi connectivity index (χ0) is 12.4. The van der Waals surface area contributed by atoms with Crippen molar-refractivity contribution >= 4 is 32.8 Å². The number of ether oxygens (including phenoxy) is 1. The summed E-state index contributed by atoms with van der Waals surface area (Å²) >= 11 is 3.42. The smallest absolute Gasteiger partial charge is 0.355 e. The van der Waals surface area contributed by atoms with E-state index in [1.54, 1.807) is 0 Å². The van der Waals surface area contributed by atoms with Gasteiger partial charge in [-0.3, -0.25) is 0 Å². The van der Waals surface area contributed by atoms with E-state index in [0.717, 1.165) is 27.4 Å². The molecule has 2 rings (SSSR count). The molecule has 0 spiro atoms. The first kappa shape index (κ1) is 12.2. The van der Waals surface area contributed by atoms with Gasteiger partial charge in [0.25, 0.3) is 0 Å². The molecule has 0 bridgehead atoms. The molecule has 0 saturated carbocycles. The van der Waals surface area contributed by atoms with Crippen LogP contribution in [0.2, 0.25) is 0 Å². The number of halogens is 1. The Bertz CT molecular complexity index is 560. The average molecular weight is 296 g/mol. The van der Waals surface area contributed by atoms with Crippen LogP contribution in [-0.4, -0.2) is 17.6 Å². The van der Waals surface area contributed by atoms with Crippen molar-refractivity contribution in [3.8, 4) is 0 Å². The lowest BCUT2D eigenvalue weighted by atomic mass is 10.1. The van der Waals surface area contributed by atoms with Gasteiger partial charge >= 0.3 is 5.97 Å². The van der Waals surface area contributed by atoms with Crippen molar-refractivity contribution in [1.29, 1.82) is 0 Å². The van der Waals surface area contributed by atoms with Crippen LogP contribution in [0.5, 0.6) is 0 Å². The highest BCUT2D eigenvalue weighted by Gasteiger charge is 2.17. The van der Waals surface area contributed by atoms with Gasteiger partial charge in [0.2, 0.25) is 0 Å². The van der Waals surface area contributed by atoms with Crippen molar-refractivity contribution < 1.29 is 9.53 Å². The minimum Gasteiger partial charge on any atom is -0.461 e. The zero-order valence-electron chi connectivity index (χ0n) is 9.84. The second-order valence-electron chi connectivity index (χ2n) is 3.74. The summed E-state index contributed by atoms with van der Waals surface area (Å²) in [5.74, 6) is -0.281. The van der Waals surface area contributed by atoms with E-state index in [0.29, 0.717) is 12.3 Å². The maximum absolute atomic E-state index is 11.8. The molecule has 90 valence electrons. The molecular formula is C13H14BrNO2. The molecule has 17 heavy (non-hydrogen) atoms. The van der Waals surface area contributed by atoms with Crippen molar-refractivity contribution in [1.82, 2.24) is 4.98 Å². The van der Waals surface area contributed by atoms with Crippen LogP contribution in [0.15, 0.2) is 22.7 Å². The van der Waals surface area contributed by atoms with E-state index in [1.165, 1.54) is 0 Å². The first-order valence-electron chi connectivity index (χ1n) is 5.64. The summed E-state index contributed by atoms with van der Waals surface area (Å²) < 4.78 is 6.04. The Morgan fingerprint density at radius 1 is 1.41 bits per heavy atom. The van der Waals surface area contributed by atoms with Crippen molar-refractivity contribution in [2.75, 3.05) is 6.61 Å². The van der Waals surface area contributed by atoms with E-state index in [4.69, 9.17) is 4.74 Å². The molecule has 0 unspecified atom stereocenters. The number of H-pyrrole nitrogens is 1. The molecule has 2 aromatic rings. The molecule has 3 nitrogen and oxygen atoms in total. The number of hydrogen-bond donors (Lipinski definition) is 1. The fraction of sp³-hybridized carbons (Fsp3) is 0.308. The van der Waals surface area contributed by atoms with Crippen LogP contribution in [-0.2, 0) is 11.2 Å². The Morgan fingerprint density at radius 3 is 2.82 bits per heavy atom. The van der Waals surface area contributed by atoms with Gasteiger partial charge in [-0.05, 0) is 31.0 Å². The van der Waals surface area contributed by atoms with Crippen LogP contribution in [0, 0.1) is 0 Å². The normalized spacial score (nSPS) is 10.8. The second kappa shape index (κ2) is 4.92. The van der Waals surface area contributed by atoms with Crippen LogP contribution in [0.3, 0.4) is 0 Å². The molecule has 0 radical (unpaired) electrons. The Kier molecular flexibility index (Phi) is 3.52. The number of nitrogens with one attached hydrogen (secondary N) is 1. The van der Waals surface area contributed by atoms with Crippen molar-refractivity contribution in [3.05, 3.63) is 33.9 Å². The highest BCUT2D eigenvalue weighted by Crippen LogP contribution is 2.26. The third-order valence-corrected chi connectivity index (χ3v) is 3.19. The average Bonchev–Trinajstić information content (AvgIpc) is 2.66. The van der Waals surface area contributed by atoms with Crippen LogP contribution >= 0.6 is 15.9 Å². The molecule has 0 fully saturated rings. The summed E-state index contributed by atoms with van der Waals surface area (Å²) in [6.45, 7) is 4.23. The maximum atomic E-state index is 11.8. The lowest BCUT2D eigenvalue weighted by Crippen LogP contribution is -2.07. The number of esters is 1. The van der Waals surface area contributed by atoms with E-state index in [1.807, 2.05) is 32.0 Å². The molecule has 0 aliphatic heterocycles. The third kappa shape index (κ3) is 2.22. The number of benzene rings is 1. The number of aromatic amines is 1. The first-order valence-corrected chi connectivity index (χ1v) is 6.43. The molecule has 1 N–H and O–H groups in total. The minimum atomic E-state index is -0.281. The quantitative estimate of drug-likeness (QED) is 0.878. The van der Waals surface area contributed by atoms with Gasteiger partial charge in [0.05, 0.1) is 6.61 Å². The van der Waals surface area contributed by atoms with Gasteiger partial charge in [-0.15, -0.1) is 0 Å². The first-order chi connectivity index (χ1) is 8.17. The van der Waals surface area contributed by atoms with E-state index in [9.17, 15) is 4.79 Å². The van der Waals surface area contributed by atoms with Gasteiger partial charge in [0, 0.05) is 15.4 Å². The van der Waals surface area contributed by atoms with Gasteiger partial charge in [0.1, 0.15) is 5.69 Å². The van der Waals surface area contributed by atoms with Gasteiger partial charge in [-0.1, -0.05) is 28.9 Å².